The minimum absolute atomic E-state index is 0.119. The van der Waals surface area contributed by atoms with Crippen molar-refractivity contribution in [2.75, 3.05) is 58.8 Å². The Morgan fingerprint density at radius 1 is 1.06 bits per heavy atom. The fourth-order valence-electron chi connectivity index (χ4n) is 5.91. The first-order chi connectivity index (χ1) is 16.7. The second-order valence-electron chi connectivity index (χ2n) is 10.5. The normalized spacial score (nSPS) is 21.6. The first kappa shape index (κ1) is 23.8. The van der Waals surface area contributed by atoms with Gasteiger partial charge in [0, 0.05) is 75.9 Å². The molecule has 186 valence electrons. The molecule has 7 heteroatoms. The van der Waals surface area contributed by atoms with Crippen molar-refractivity contribution >= 4 is 22.5 Å². The number of rotatable bonds is 5. The van der Waals surface area contributed by atoms with Crippen LogP contribution in [0.2, 0.25) is 0 Å². The third-order valence-corrected chi connectivity index (χ3v) is 7.97. The van der Waals surface area contributed by atoms with Gasteiger partial charge in [0.2, 0.25) is 5.91 Å². The molecule has 2 aromatic carbocycles. The number of aryl methyl sites for hydroxylation is 2. The molecule has 35 heavy (non-hydrogen) atoms. The van der Waals surface area contributed by atoms with Crippen molar-refractivity contribution in [3.63, 3.8) is 0 Å². The molecule has 1 aromatic heterocycles. The number of fused-ring (bicyclic) bond motifs is 1. The highest BCUT2D eigenvalue weighted by Crippen LogP contribution is 2.39. The Labute approximate surface area is 207 Å². The fourth-order valence-corrected chi connectivity index (χ4v) is 5.91. The summed E-state index contributed by atoms with van der Waals surface area (Å²) in [4.78, 5) is 21.1. The molecule has 1 amide bonds. The van der Waals surface area contributed by atoms with E-state index < -0.39 is 0 Å². The molecule has 0 aliphatic carbocycles. The number of piperazine rings is 1. The maximum Gasteiger partial charge on any atom is 0.241 e. The molecular formula is C28H36FN5O. The Hall–Kier alpha value is -2.90. The zero-order valence-corrected chi connectivity index (χ0v) is 21.5. The summed E-state index contributed by atoms with van der Waals surface area (Å²) >= 11 is 0. The van der Waals surface area contributed by atoms with Crippen LogP contribution in [0.25, 0.3) is 10.9 Å². The number of halogens is 1. The summed E-state index contributed by atoms with van der Waals surface area (Å²) in [5, 5.41) is 1.25. The van der Waals surface area contributed by atoms with Crippen LogP contribution in [0.15, 0.2) is 42.6 Å². The van der Waals surface area contributed by atoms with E-state index in [9.17, 15) is 9.18 Å². The molecule has 0 bridgehead atoms. The number of likely N-dealkylation sites (N-methyl/N-ethyl adjacent to an activating group) is 2. The van der Waals surface area contributed by atoms with Gasteiger partial charge in [-0.15, -0.1) is 0 Å². The first-order valence-electron chi connectivity index (χ1n) is 12.4. The van der Waals surface area contributed by atoms with Crippen LogP contribution in [0.4, 0.5) is 10.1 Å². The molecule has 2 aliphatic heterocycles. The first-order valence-corrected chi connectivity index (χ1v) is 12.4. The molecule has 0 radical (unpaired) electrons. The van der Waals surface area contributed by atoms with Crippen molar-refractivity contribution in [1.29, 1.82) is 0 Å². The number of benzene rings is 2. The Kier molecular flexibility index (Phi) is 6.32. The van der Waals surface area contributed by atoms with E-state index in [1.165, 1.54) is 16.5 Å². The molecule has 0 saturated carbocycles. The third kappa shape index (κ3) is 4.32. The van der Waals surface area contributed by atoms with Gasteiger partial charge in [-0.1, -0.05) is 24.3 Å². The number of para-hydroxylation sites is 1. The zero-order chi connectivity index (χ0) is 24.9. The maximum atomic E-state index is 14.6. The lowest BCUT2D eigenvalue weighted by Crippen LogP contribution is -2.48. The smallest absolute Gasteiger partial charge is 0.241 e. The Balaban J connectivity index is 1.48. The zero-order valence-electron chi connectivity index (χ0n) is 21.5. The number of likely N-dealkylation sites (tertiary alicyclic amines) is 1. The number of aromatic nitrogens is 1. The van der Waals surface area contributed by atoms with Crippen LogP contribution in [-0.2, 0) is 18.4 Å². The summed E-state index contributed by atoms with van der Waals surface area (Å²) in [6, 6.07) is 12.1. The van der Waals surface area contributed by atoms with Crippen LogP contribution in [0.5, 0.6) is 0 Å². The molecule has 2 fully saturated rings. The second-order valence-corrected chi connectivity index (χ2v) is 10.5. The second kappa shape index (κ2) is 9.28. The van der Waals surface area contributed by atoms with Crippen molar-refractivity contribution < 1.29 is 9.18 Å². The van der Waals surface area contributed by atoms with Crippen LogP contribution < -0.4 is 4.90 Å². The number of hydrogen-bond donors (Lipinski definition) is 0. The predicted molar refractivity (Wildman–Crippen MR) is 139 cm³/mol. The van der Waals surface area contributed by atoms with Gasteiger partial charge in [-0.25, -0.2) is 4.39 Å². The monoisotopic (exact) mass is 477 g/mol. The van der Waals surface area contributed by atoms with Gasteiger partial charge in [-0.3, -0.25) is 9.69 Å². The lowest BCUT2D eigenvalue weighted by Gasteiger charge is -2.34. The summed E-state index contributed by atoms with van der Waals surface area (Å²) in [6.07, 6.45) is 2.27. The minimum Gasteiger partial charge on any atom is -0.359 e. The quantitative estimate of drug-likeness (QED) is 0.564. The average molecular weight is 478 g/mol. The summed E-state index contributed by atoms with van der Waals surface area (Å²) < 4.78 is 16.8. The lowest BCUT2D eigenvalue weighted by atomic mass is 9.93. The lowest BCUT2D eigenvalue weighted by molar-refractivity contribution is -0.129. The Bertz CT molecular complexity index is 1230. The molecule has 6 nitrogen and oxygen atoms in total. The van der Waals surface area contributed by atoms with Crippen molar-refractivity contribution in [1.82, 2.24) is 19.3 Å². The van der Waals surface area contributed by atoms with Gasteiger partial charge in [-0.2, -0.15) is 0 Å². The van der Waals surface area contributed by atoms with Gasteiger partial charge in [0.05, 0.1) is 17.7 Å². The van der Waals surface area contributed by atoms with Crippen molar-refractivity contribution in [3.05, 3.63) is 65.1 Å². The van der Waals surface area contributed by atoms with E-state index in [1.807, 2.05) is 20.0 Å². The molecule has 3 heterocycles. The summed E-state index contributed by atoms with van der Waals surface area (Å²) in [7, 11) is 8.26. The van der Waals surface area contributed by atoms with Gasteiger partial charge in [0.25, 0.3) is 0 Å². The molecule has 0 unspecified atom stereocenters. The van der Waals surface area contributed by atoms with E-state index in [4.69, 9.17) is 0 Å². The van der Waals surface area contributed by atoms with Gasteiger partial charge in [0.1, 0.15) is 5.82 Å². The van der Waals surface area contributed by atoms with Crippen molar-refractivity contribution in [3.8, 4) is 0 Å². The van der Waals surface area contributed by atoms with Crippen LogP contribution in [-0.4, -0.2) is 85.1 Å². The van der Waals surface area contributed by atoms with Crippen LogP contribution >= 0.6 is 0 Å². The molecular weight excluding hydrogens is 441 g/mol. The molecule has 2 saturated heterocycles. The third-order valence-electron chi connectivity index (χ3n) is 7.97. The Morgan fingerprint density at radius 2 is 1.83 bits per heavy atom. The molecule has 2 aliphatic rings. The number of carbonyl (C=O) groups excluding carboxylic acids is 1. The summed E-state index contributed by atoms with van der Waals surface area (Å²) in [5.41, 5.74) is 5.44. The highest BCUT2D eigenvalue weighted by Gasteiger charge is 2.37. The van der Waals surface area contributed by atoms with Gasteiger partial charge < -0.3 is 19.3 Å². The molecule has 5 rings (SSSR count). The largest absolute Gasteiger partial charge is 0.359 e. The van der Waals surface area contributed by atoms with Gasteiger partial charge >= 0.3 is 0 Å². The van der Waals surface area contributed by atoms with E-state index in [0.717, 1.165) is 43.0 Å². The standard InChI is InChI=1S/C28H36FN5O/c1-19-8-6-10-24(29)21(19)15-33-16-23(26(17-33)30(2)3)22-14-32(5)28-20(22)9-7-11-25(28)34-13-12-31(4)27(35)18-34/h6-11,14,23,26H,12-13,15-18H2,1-5H3/t23-,26+/m1/s1. The molecule has 0 spiro atoms. The number of hydrogen-bond acceptors (Lipinski definition) is 4. The number of nitrogens with zero attached hydrogens (tertiary/aromatic N) is 5. The summed E-state index contributed by atoms with van der Waals surface area (Å²) in [6.45, 7) is 6.38. The molecule has 2 atom stereocenters. The average Bonchev–Trinajstić information content (AvgIpc) is 3.39. The van der Waals surface area contributed by atoms with Crippen molar-refractivity contribution in [2.45, 2.75) is 25.4 Å². The molecule has 0 N–H and O–H groups in total. The van der Waals surface area contributed by atoms with E-state index in [1.54, 1.807) is 17.0 Å². The molecule has 3 aromatic rings. The maximum absolute atomic E-state index is 14.6. The fraction of sp³-hybridized carbons (Fsp3) is 0.464. The number of anilines is 1. The van der Waals surface area contributed by atoms with E-state index in [-0.39, 0.29) is 11.7 Å². The Morgan fingerprint density at radius 3 is 2.54 bits per heavy atom. The van der Waals surface area contributed by atoms with E-state index in [2.05, 4.69) is 64.8 Å². The number of amides is 1. The van der Waals surface area contributed by atoms with Gasteiger partial charge in [0.15, 0.2) is 0 Å². The minimum atomic E-state index is -0.119. The topological polar surface area (TPSA) is 35.0 Å². The van der Waals surface area contributed by atoms with E-state index >= 15 is 0 Å². The van der Waals surface area contributed by atoms with Crippen molar-refractivity contribution in [2.24, 2.45) is 7.05 Å². The van der Waals surface area contributed by atoms with Crippen LogP contribution in [0, 0.1) is 12.7 Å². The number of carbonyl (C=O) groups is 1. The highest BCUT2D eigenvalue weighted by molar-refractivity contribution is 5.96. The predicted octanol–water partition coefficient (Wildman–Crippen LogP) is 3.43. The summed E-state index contributed by atoms with van der Waals surface area (Å²) in [5.74, 6) is 0.349. The van der Waals surface area contributed by atoms with E-state index in [0.29, 0.717) is 25.0 Å². The van der Waals surface area contributed by atoms with Crippen LogP contribution in [0.3, 0.4) is 0 Å². The van der Waals surface area contributed by atoms with Gasteiger partial charge in [-0.05, 0) is 44.3 Å². The highest BCUT2D eigenvalue weighted by atomic mass is 19.1. The van der Waals surface area contributed by atoms with Crippen LogP contribution in [0.1, 0.15) is 22.6 Å². The SMILES string of the molecule is Cc1cccc(F)c1CN1C[C@H](c2cn(C)c3c(N4CCN(C)C(=O)C4)cccc23)[C@@H](N(C)C)C1.